The van der Waals surface area contributed by atoms with Gasteiger partial charge in [0.25, 0.3) is 6.47 Å². The van der Waals surface area contributed by atoms with Gasteiger partial charge in [0.05, 0.1) is 0 Å². The molecule has 4 nitrogen and oxygen atoms in total. The standard InChI is InChI=1S/C8H8O2.C6H9NO/c9-7-10-6-8-4-2-1-3-5-8;1-5-4-6(8)2-3-7-5/h1-5,7H,6H2;2-3,5,7H,4H2,1H3. The lowest BCUT2D eigenvalue weighted by molar-refractivity contribution is -0.129. The number of ether oxygens (including phenoxy) is 1. The van der Waals surface area contributed by atoms with Crippen LogP contribution in [-0.2, 0) is 20.9 Å². The predicted molar refractivity (Wildman–Crippen MR) is 68.7 cm³/mol. The highest BCUT2D eigenvalue weighted by atomic mass is 16.5. The van der Waals surface area contributed by atoms with Crippen molar-refractivity contribution in [3.05, 3.63) is 48.2 Å². The molecule has 1 aliphatic rings. The molecule has 0 bridgehead atoms. The summed E-state index contributed by atoms with van der Waals surface area (Å²) in [5.41, 5.74) is 1.01. The van der Waals surface area contributed by atoms with Gasteiger partial charge in [-0.3, -0.25) is 9.59 Å². The average Bonchev–Trinajstić information content (AvgIpc) is 2.38. The van der Waals surface area contributed by atoms with Crippen LogP contribution in [0.4, 0.5) is 0 Å². The van der Waals surface area contributed by atoms with Gasteiger partial charge in [0.1, 0.15) is 6.61 Å². The fourth-order valence-electron chi connectivity index (χ4n) is 1.44. The van der Waals surface area contributed by atoms with Crippen molar-refractivity contribution in [1.82, 2.24) is 5.32 Å². The minimum atomic E-state index is 0.219. The first-order chi connectivity index (χ1) is 8.72. The second kappa shape index (κ2) is 8.06. The van der Waals surface area contributed by atoms with Crippen LogP contribution in [0.25, 0.3) is 0 Å². The largest absolute Gasteiger partial charge is 0.463 e. The van der Waals surface area contributed by atoms with E-state index in [2.05, 4.69) is 10.1 Å². The van der Waals surface area contributed by atoms with E-state index in [9.17, 15) is 9.59 Å². The van der Waals surface area contributed by atoms with Gasteiger partial charge >= 0.3 is 0 Å². The van der Waals surface area contributed by atoms with Crippen molar-refractivity contribution in [3.8, 4) is 0 Å². The summed E-state index contributed by atoms with van der Waals surface area (Å²) in [6.45, 7) is 2.80. The van der Waals surface area contributed by atoms with E-state index >= 15 is 0 Å². The minimum Gasteiger partial charge on any atom is -0.463 e. The van der Waals surface area contributed by atoms with Gasteiger partial charge in [-0.15, -0.1) is 0 Å². The number of carbonyl (C=O) groups is 2. The van der Waals surface area contributed by atoms with E-state index in [1.54, 1.807) is 12.3 Å². The Morgan fingerprint density at radius 1 is 1.39 bits per heavy atom. The van der Waals surface area contributed by atoms with Crippen LogP contribution in [0, 0.1) is 0 Å². The zero-order valence-corrected chi connectivity index (χ0v) is 10.3. The number of benzene rings is 1. The molecular formula is C14H17NO3. The van der Waals surface area contributed by atoms with Crippen LogP contribution >= 0.6 is 0 Å². The topological polar surface area (TPSA) is 55.4 Å². The maximum absolute atomic E-state index is 10.5. The molecule has 1 aromatic carbocycles. The number of rotatable bonds is 3. The molecule has 1 aliphatic heterocycles. The molecule has 0 amide bonds. The minimum absolute atomic E-state index is 0.219. The van der Waals surface area contributed by atoms with E-state index in [4.69, 9.17) is 0 Å². The van der Waals surface area contributed by atoms with Gasteiger partial charge in [0, 0.05) is 18.7 Å². The Kier molecular flexibility index (Phi) is 6.25. The van der Waals surface area contributed by atoms with Crippen LogP contribution in [0.2, 0.25) is 0 Å². The van der Waals surface area contributed by atoms with Gasteiger partial charge in [-0.25, -0.2) is 0 Å². The number of hydrogen-bond acceptors (Lipinski definition) is 4. The highest BCUT2D eigenvalue weighted by Gasteiger charge is 2.07. The molecule has 0 aromatic heterocycles. The molecule has 0 spiro atoms. The molecule has 1 atom stereocenters. The molecule has 2 rings (SSSR count). The average molecular weight is 247 g/mol. The first-order valence-electron chi connectivity index (χ1n) is 5.77. The SMILES string of the molecule is CC1CC(=O)C=CN1.O=COCc1ccccc1. The van der Waals surface area contributed by atoms with Crippen LogP contribution in [0.1, 0.15) is 18.9 Å². The summed E-state index contributed by atoms with van der Waals surface area (Å²) >= 11 is 0. The Morgan fingerprint density at radius 3 is 2.61 bits per heavy atom. The van der Waals surface area contributed by atoms with Crippen molar-refractivity contribution in [2.24, 2.45) is 0 Å². The van der Waals surface area contributed by atoms with Crippen molar-refractivity contribution in [1.29, 1.82) is 0 Å². The molecular weight excluding hydrogens is 230 g/mol. The summed E-state index contributed by atoms with van der Waals surface area (Å²) in [6, 6.07) is 9.87. The van der Waals surface area contributed by atoms with Crippen molar-refractivity contribution in [2.45, 2.75) is 26.0 Å². The second-order valence-corrected chi connectivity index (χ2v) is 3.96. The normalized spacial score (nSPS) is 17.2. The van der Waals surface area contributed by atoms with Gasteiger partial charge in [-0.2, -0.15) is 0 Å². The highest BCUT2D eigenvalue weighted by Crippen LogP contribution is 1.98. The molecule has 0 fully saturated rings. The van der Waals surface area contributed by atoms with E-state index in [1.807, 2.05) is 37.3 Å². The molecule has 1 N–H and O–H groups in total. The predicted octanol–water partition coefficient (Wildman–Crippen LogP) is 1.81. The number of carbonyl (C=O) groups excluding carboxylic acids is 2. The second-order valence-electron chi connectivity index (χ2n) is 3.96. The summed E-state index contributed by atoms with van der Waals surface area (Å²) in [4.78, 5) is 20.3. The summed E-state index contributed by atoms with van der Waals surface area (Å²) < 4.78 is 4.54. The number of ketones is 1. The van der Waals surface area contributed by atoms with Crippen LogP contribution < -0.4 is 5.32 Å². The molecule has 0 radical (unpaired) electrons. The van der Waals surface area contributed by atoms with Gasteiger partial charge in [0.15, 0.2) is 5.78 Å². The quantitative estimate of drug-likeness (QED) is 0.828. The molecule has 1 aromatic rings. The van der Waals surface area contributed by atoms with E-state index in [0.717, 1.165) is 5.56 Å². The summed E-state index contributed by atoms with van der Waals surface area (Å²) in [5, 5.41) is 3.01. The smallest absolute Gasteiger partial charge is 0.293 e. The van der Waals surface area contributed by atoms with Gasteiger partial charge < -0.3 is 10.1 Å². The zero-order chi connectivity index (χ0) is 13.2. The Bertz CT molecular complexity index is 401. The molecule has 1 heterocycles. The summed E-state index contributed by atoms with van der Waals surface area (Å²) in [7, 11) is 0. The molecule has 96 valence electrons. The van der Waals surface area contributed by atoms with Gasteiger partial charge in [-0.1, -0.05) is 30.3 Å². The van der Waals surface area contributed by atoms with E-state index in [-0.39, 0.29) is 5.78 Å². The maximum atomic E-state index is 10.5. The highest BCUT2D eigenvalue weighted by molar-refractivity contribution is 5.90. The molecule has 1 unspecified atom stereocenters. The Hall–Kier alpha value is -2.10. The Balaban J connectivity index is 0.000000184. The van der Waals surface area contributed by atoms with E-state index in [1.165, 1.54) is 0 Å². The monoisotopic (exact) mass is 247 g/mol. The van der Waals surface area contributed by atoms with Crippen LogP contribution in [0.15, 0.2) is 42.6 Å². The lowest BCUT2D eigenvalue weighted by atomic mass is 10.1. The zero-order valence-electron chi connectivity index (χ0n) is 10.3. The third kappa shape index (κ3) is 5.84. The molecule has 18 heavy (non-hydrogen) atoms. The fourth-order valence-corrected chi connectivity index (χ4v) is 1.44. The molecule has 0 saturated heterocycles. The van der Waals surface area contributed by atoms with Crippen molar-refractivity contribution < 1.29 is 14.3 Å². The first kappa shape index (κ1) is 14.0. The van der Waals surface area contributed by atoms with Crippen molar-refractivity contribution in [3.63, 3.8) is 0 Å². The number of nitrogens with one attached hydrogen (secondary N) is 1. The molecule has 4 heteroatoms. The van der Waals surface area contributed by atoms with Gasteiger partial charge in [-0.05, 0) is 18.6 Å². The van der Waals surface area contributed by atoms with Crippen LogP contribution in [-0.4, -0.2) is 18.3 Å². The number of allylic oxidation sites excluding steroid dienone is 1. The third-order valence-electron chi connectivity index (χ3n) is 2.32. The van der Waals surface area contributed by atoms with Crippen molar-refractivity contribution in [2.75, 3.05) is 0 Å². The van der Waals surface area contributed by atoms with E-state index < -0.39 is 0 Å². The maximum Gasteiger partial charge on any atom is 0.293 e. The summed E-state index contributed by atoms with van der Waals surface area (Å²) in [5.74, 6) is 0.219. The van der Waals surface area contributed by atoms with Crippen molar-refractivity contribution >= 4 is 12.3 Å². The van der Waals surface area contributed by atoms with E-state index in [0.29, 0.717) is 25.5 Å². The lowest BCUT2D eigenvalue weighted by Gasteiger charge is -2.12. The van der Waals surface area contributed by atoms with Gasteiger partial charge in [0.2, 0.25) is 0 Å². The lowest BCUT2D eigenvalue weighted by Crippen LogP contribution is -2.27. The van der Waals surface area contributed by atoms with Crippen LogP contribution in [0.5, 0.6) is 0 Å². The Morgan fingerprint density at radius 2 is 2.11 bits per heavy atom. The fraction of sp³-hybridized carbons (Fsp3) is 0.286. The molecule has 0 saturated carbocycles. The first-order valence-corrected chi connectivity index (χ1v) is 5.77. The third-order valence-corrected chi connectivity index (χ3v) is 2.32. The van der Waals surface area contributed by atoms with Crippen LogP contribution in [0.3, 0.4) is 0 Å². The summed E-state index contributed by atoms with van der Waals surface area (Å²) in [6.07, 6.45) is 3.91. The molecule has 0 aliphatic carbocycles. The number of hydrogen-bond donors (Lipinski definition) is 1. The Labute approximate surface area is 107 Å².